The van der Waals surface area contributed by atoms with E-state index >= 15 is 0 Å². The van der Waals surface area contributed by atoms with Gasteiger partial charge in [-0.2, -0.15) is 0 Å². The summed E-state index contributed by atoms with van der Waals surface area (Å²) < 4.78 is 29.1. The van der Waals surface area contributed by atoms with Crippen molar-refractivity contribution in [3.8, 4) is 5.75 Å². The molecule has 1 rings (SSSR count). The summed E-state index contributed by atoms with van der Waals surface area (Å²) in [5, 5.41) is 0. The third-order valence-corrected chi connectivity index (χ3v) is 3.25. The fraction of sp³-hybridized carbons (Fsp3) is 0.389. The van der Waals surface area contributed by atoms with Crippen LogP contribution < -0.4 is 4.74 Å². The molecule has 0 aliphatic carbocycles. The quantitative estimate of drug-likeness (QED) is 0.415. The van der Waals surface area contributed by atoms with Gasteiger partial charge in [-0.05, 0) is 44.5 Å². The molecule has 0 bridgehead atoms. The molecule has 0 atom stereocenters. The Kier molecular flexibility index (Phi) is 7.88. The van der Waals surface area contributed by atoms with Crippen LogP contribution in [0.15, 0.2) is 41.7 Å². The predicted molar refractivity (Wildman–Crippen MR) is 86.8 cm³/mol. The van der Waals surface area contributed by atoms with Gasteiger partial charge in [0.15, 0.2) is 0 Å². The highest BCUT2D eigenvalue weighted by molar-refractivity contribution is 5.73. The number of ether oxygens (including phenoxy) is 3. The van der Waals surface area contributed by atoms with E-state index in [0.717, 1.165) is 11.1 Å². The number of carbonyl (C=O) groups is 1. The highest BCUT2D eigenvalue weighted by Crippen LogP contribution is 2.22. The van der Waals surface area contributed by atoms with Gasteiger partial charge in [-0.25, -0.2) is 4.39 Å². The molecule has 0 heterocycles. The summed E-state index contributed by atoms with van der Waals surface area (Å²) in [6, 6.07) is 4.10. The number of carbonyl (C=O) groups excluding carboxylic acids is 1. The van der Waals surface area contributed by atoms with E-state index in [1.54, 1.807) is 20.3 Å². The largest absolute Gasteiger partial charge is 0.504 e. The first-order valence-corrected chi connectivity index (χ1v) is 7.43. The molecule has 0 saturated heterocycles. The highest BCUT2D eigenvalue weighted by atomic mass is 19.1. The second-order valence-electron chi connectivity index (χ2n) is 4.87. The lowest BCUT2D eigenvalue weighted by atomic mass is 10.1. The van der Waals surface area contributed by atoms with Crippen LogP contribution in [0, 0.1) is 5.82 Å². The Morgan fingerprint density at radius 1 is 1.35 bits per heavy atom. The Morgan fingerprint density at radius 3 is 2.70 bits per heavy atom. The first kappa shape index (κ1) is 18.7. The van der Waals surface area contributed by atoms with Gasteiger partial charge in [0.05, 0.1) is 26.4 Å². The predicted octanol–water partition coefficient (Wildman–Crippen LogP) is 3.81. The summed E-state index contributed by atoms with van der Waals surface area (Å²) in [5.41, 5.74) is 2.33. The Balaban J connectivity index is 2.91. The minimum Gasteiger partial charge on any atom is -0.504 e. The van der Waals surface area contributed by atoms with E-state index in [-0.39, 0.29) is 19.6 Å². The molecule has 0 aliphatic rings. The molecule has 0 amide bonds. The van der Waals surface area contributed by atoms with Crippen molar-refractivity contribution < 1.29 is 23.4 Å². The summed E-state index contributed by atoms with van der Waals surface area (Å²) >= 11 is 0. The molecule has 4 nitrogen and oxygen atoms in total. The molecule has 0 aliphatic heterocycles. The third kappa shape index (κ3) is 6.14. The fourth-order valence-corrected chi connectivity index (χ4v) is 1.92. The second-order valence-corrected chi connectivity index (χ2v) is 4.87. The molecule has 126 valence electrons. The number of esters is 1. The van der Waals surface area contributed by atoms with E-state index in [9.17, 15) is 9.18 Å². The molecule has 0 spiro atoms. The van der Waals surface area contributed by atoms with E-state index < -0.39 is 11.8 Å². The number of allylic oxidation sites excluding steroid dienone is 1. The lowest BCUT2D eigenvalue weighted by Crippen LogP contribution is -2.10. The van der Waals surface area contributed by atoms with Crippen LogP contribution in [-0.4, -0.2) is 26.3 Å². The SMILES string of the molecule is C/C=C(C)/C(=C\OC)COc1ccc(F)cc1CC(=O)OCC. The molecule has 5 heteroatoms. The van der Waals surface area contributed by atoms with Gasteiger partial charge in [-0.3, -0.25) is 4.79 Å². The van der Waals surface area contributed by atoms with E-state index in [0.29, 0.717) is 11.3 Å². The molecule has 0 saturated carbocycles. The van der Waals surface area contributed by atoms with Gasteiger partial charge in [0.25, 0.3) is 0 Å². The van der Waals surface area contributed by atoms with Gasteiger partial charge in [0.2, 0.25) is 0 Å². The number of rotatable bonds is 8. The Bertz CT molecular complexity index is 591. The van der Waals surface area contributed by atoms with Gasteiger partial charge >= 0.3 is 5.97 Å². The standard InChI is InChI=1S/C18H23FO4/c1-5-13(3)15(11-21-4)12-23-17-8-7-16(19)9-14(17)10-18(20)22-6-2/h5,7-9,11H,6,10,12H2,1-4H3/b13-5+,15-11-. The maximum absolute atomic E-state index is 13.4. The molecule has 23 heavy (non-hydrogen) atoms. The summed E-state index contributed by atoms with van der Waals surface area (Å²) in [4.78, 5) is 11.6. The van der Waals surface area contributed by atoms with E-state index in [4.69, 9.17) is 14.2 Å². The van der Waals surface area contributed by atoms with Crippen molar-refractivity contribution in [1.82, 2.24) is 0 Å². The molecule has 1 aromatic rings. The first-order valence-electron chi connectivity index (χ1n) is 7.43. The van der Waals surface area contributed by atoms with Crippen LogP contribution in [0.5, 0.6) is 5.75 Å². The lowest BCUT2D eigenvalue weighted by Gasteiger charge is -2.13. The molecule has 0 unspecified atom stereocenters. The molecule has 1 aromatic carbocycles. The van der Waals surface area contributed by atoms with Crippen LogP contribution in [0.4, 0.5) is 4.39 Å². The molecule has 0 aromatic heterocycles. The number of hydrogen-bond acceptors (Lipinski definition) is 4. The van der Waals surface area contributed by atoms with Crippen molar-refractivity contribution in [1.29, 1.82) is 0 Å². The zero-order chi connectivity index (χ0) is 17.2. The van der Waals surface area contributed by atoms with E-state index in [1.807, 2.05) is 19.9 Å². The number of methoxy groups -OCH3 is 1. The second kappa shape index (κ2) is 9.66. The summed E-state index contributed by atoms with van der Waals surface area (Å²) in [6.45, 7) is 6.13. The van der Waals surface area contributed by atoms with E-state index in [2.05, 4.69) is 0 Å². The van der Waals surface area contributed by atoms with Gasteiger partial charge in [-0.15, -0.1) is 0 Å². The van der Waals surface area contributed by atoms with Gasteiger partial charge < -0.3 is 14.2 Å². The van der Waals surface area contributed by atoms with Gasteiger partial charge in [-0.1, -0.05) is 6.08 Å². The molecular weight excluding hydrogens is 299 g/mol. The van der Waals surface area contributed by atoms with Crippen molar-refractivity contribution >= 4 is 5.97 Å². The average Bonchev–Trinajstić information content (AvgIpc) is 2.52. The first-order chi connectivity index (χ1) is 11.0. The Hall–Kier alpha value is -2.30. The lowest BCUT2D eigenvalue weighted by molar-refractivity contribution is -0.142. The smallest absolute Gasteiger partial charge is 0.310 e. The minimum atomic E-state index is -0.422. The van der Waals surface area contributed by atoms with Crippen LogP contribution in [0.1, 0.15) is 26.3 Å². The number of benzene rings is 1. The molecule has 0 radical (unpaired) electrons. The monoisotopic (exact) mass is 322 g/mol. The van der Waals surface area contributed by atoms with Crippen molar-refractivity contribution in [2.45, 2.75) is 27.2 Å². The van der Waals surface area contributed by atoms with Gasteiger partial charge in [0, 0.05) is 11.1 Å². The zero-order valence-electron chi connectivity index (χ0n) is 14.0. The zero-order valence-corrected chi connectivity index (χ0v) is 14.0. The maximum atomic E-state index is 13.4. The van der Waals surface area contributed by atoms with Crippen LogP contribution in [0.2, 0.25) is 0 Å². The highest BCUT2D eigenvalue weighted by Gasteiger charge is 2.12. The molecule has 0 fully saturated rings. The summed E-state index contributed by atoms with van der Waals surface area (Å²) in [6.07, 6.45) is 3.51. The summed E-state index contributed by atoms with van der Waals surface area (Å²) in [5.74, 6) is -0.389. The maximum Gasteiger partial charge on any atom is 0.310 e. The van der Waals surface area contributed by atoms with Crippen LogP contribution in [0.25, 0.3) is 0 Å². The Labute approximate surface area is 136 Å². The van der Waals surface area contributed by atoms with Crippen molar-refractivity contribution in [3.05, 3.63) is 53.1 Å². The van der Waals surface area contributed by atoms with Crippen LogP contribution >= 0.6 is 0 Å². The number of hydrogen-bond donors (Lipinski definition) is 0. The minimum absolute atomic E-state index is 0.0349. The van der Waals surface area contributed by atoms with Gasteiger partial charge in [0.1, 0.15) is 18.2 Å². The molecule has 0 N–H and O–H groups in total. The summed E-state index contributed by atoms with van der Waals surface area (Å²) in [7, 11) is 1.56. The fourth-order valence-electron chi connectivity index (χ4n) is 1.92. The van der Waals surface area contributed by atoms with Crippen molar-refractivity contribution in [3.63, 3.8) is 0 Å². The van der Waals surface area contributed by atoms with Crippen LogP contribution in [-0.2, 0) is 20.7 Å². The van der Waals surface area contributed by atoms with Crippen LogP contribution in [0.3, 0.4) is 0 Å². The Morgan fingerprint density at radius 2 is 2.09 bits per heavy atom. The van der Waals surface area contributed by atoms with Crippen molar-refractivity contribution in [2.75, 3.05) is 20.3 Å². The van der Waals surface area contributed by atoms with E-state index in [1.165, 1.54) is 18.2 Å². The van der Waals surface area contributed by atoms with Crippen molar-refractivity contribution in [2.24, 2.45) is 0 Å². The third-order valence-electron chi connectivity index (χ3n) is 3.25. The topological polar surface area (TPSA) is 44.8 Å². The average molecular weight is 322 g/mol. The number of halogens is 1. The molecular formula is C18H23FO4. The normalized spacial score (nSPS) is 12.0.